The second-order valence-corrected chi connectivity index (χ2v) is 7.99. The molecule has 1 aromatic heterocycles. The van der Waals surface area contributed by atoms with Gasteiger partial charge < -0.3 is 14.8 Å². The maximum absolute atomic E-state index is 12.8. The van der Waals surface area contributed by atoms with Gasteiger partial charge in [-0.1, -0.05) is 35.3 Å². The average Bonchev–Trinajstić information content (AvgIpc) is 3.00. The summed E-state index contributed by atoms with van der Waals surface area (Å²) in [5.41, 5.74) is 4.89. The highest BCUT2D eigenvalue weighted by molar-refractivity contribution is 6.32. The van der Waals surface area contributed by atoms with E-state index in [2.05, 4.69) is 10.4 Å². The van der Waals surface area contributed by atoms with Gasteiger partial charge in [-0.25, -0.2) is 4.68 Å². The molecule has 3 aromatic rings. The molecule has 0 aliphatic rings. The molecule has 8 heteroatoms. The summed E-state index contributed by atoms with van der Waals surface area (Å²) in [5, 5.41) is 8.60. The van der Waals surface area contributed by atoms with E-state index in [0.717, 1.165) is 28.2 Å². The summed E-state index contributed by atoms with van der Waals surface area (Å²) < 4.78 is 12.5. The number of nitrogens with one attached hydrogen (secondary N) is 1. The molecule has 0 saturated carbocycles. The molecule has 6 nitrogen and oxygen atoms in total. The van der Waals surface area contributed by atoms with E-state index in [-0.39, 0.29) is 12.3 Å². The number of anilines is 1. The molecule has 164 valence electrons. The molecule has 31 heavy (non-hydrogen) atoms. The Kier molecular flexibility index (Phi) is 7.59. The highest BCUT2D eigenvalue weighted by Gasteiger charge is 2.18. The largest absolute Gasteiger partial charge is 0.487 e. The molecule has 0 saturated heterocycles. The molecule has 0 fully saturated rings. The molecule has 0 aliphatic heterocycles. The second-order valence-electron chi connectivity index (χ2n) is 7.18. The van der Waals surface area contributed by atoms with Gasteiger partial charge in [0, 0.05) is 23.4 Å². The number of amides is 1. The van der Waals surface area contributed by atoms with Crippen LogP contribution < -0.4 is 10.1 Å². The second kappa shape index (κ2) is 10.2. The fourth-order valence-electron chi connectivity index (χ4n) is 3.23. The van der Waals surface area contributed by atoms with Gasteiger partial charge in [0.1, 0.15) is 6.61 Å². The Labute approximate surface area is 192 Å². The van der Waals surface area contributed by atoms with Crippen molar-refractivity contribution in [1.29, 1.82) is 0 Å². The van der Waals surface area contributed by atoms with Crippen LogP contribution in [-0.4, -0.2) is 36.0 Å². The van der Waals surface area contributed by atoms with Gasteiger partial charge in [-0.05, 0) is 50.6 Å². The smallest absolute Gasteiger partial charge is 0.229 e. The van der Waals surface area contributed by atoms with E-state index in [1.807, 2.05) is 43.7 Å². The molecule has 1 N–H and O–H groups in total. The van der Waals surface area contributed by atoms with Crippen LogP contribution in [0.4, 0.5) is 5.69 Å². The third-order valence-electron chi connectivity index (χ3n) is 4.95. The molecule has 1 amide bonds. The number of nitrogens with zero attached hydrogens (tertiary/aromatic N) is 2. The first-order chi connectivity index (χ1) is 14.8. The van der Waals surface area contributed by atoms with Crippen molar-refractivity contribution in [3.63, 3.8) is 0 Å². The van der Waals surface area contributed by atoms with E-state index in [1.54, 1.807) is 25.3 Å². The first-order valence-corrected chi connectivity index (χ1v) is 10.6. The number of ether oxygens (including phenoxy) is 2. The lowest BCUT2D eigenvalue weighted by Crippen LogP contribution is -2.17. The summed E-state index contributed by atoms with van der Waals surface area (Å²) in [4.78, 5) is 12.8. The van der Waals surface area contributed by atoms with E-state index < -0.39 is 0 Å². The predicted molar refractivity (Wildman–Crippen MR) is 124 cm³/mol. The Morgan fingerprint density at radius 3 is 2.58 bits per heavy atom. The van der Waals surface area contributed by atoms with E-state index in [0.29, 0.717) is 34.7 Å². The summed E-state index contributed by atoms with van der Waals surface area (Å²) in [6.07, 6.45) is 0.168. The minimum atomic E-state index is -0.188. The van der Waals surface area contributed by atoms with Crippen LogP contribution in [-0.2, 0) is 16.0 Å². The lowest BCUT2D eigenvalue weighted by Gasteiger charge is -2.14. The van der Waals surface area contributed by atoms with Crippen molar-refractivity contribution in [2.45, 2.75) is 27.2 Å². The van der Waals surface area contributed by atoms with Gasteiger partial charge in [0.05, 0.1) is 35.1 Å². The van der Waals surface area contributed by atoms with Gasteiger partial charge in [0.25, 0.3) is 0 Å². The Hall–Kier alpha value is -2.54. The number of hydrogen-bond acceptors (Lipinski definition) is 4. The van der Waals surface area contributed by atoms with Crippen molar-refractivity contribution in [2.24, 2.45) is 0 Å². The van der Waals surface area contributed by atoms with Crippen LogP contribution in [0.2, 0.25) is 10.0 Å². The van der Waals surface area contributed by atoms with E-state index in [9.17, 15) is 4.79 Å². The Bertz CT molecular complexity index is 1100. The van der Waals surface area contributed by atoms with Gasteiger partial charge in [0.15, 0.2) is 5.75 Å². The lowest BCUT2D eigenvalue weighted by atomic mass is 10.1. The van der Waals surface area contributed by atoms with Crippen LogP contribution in [0, 0.1) is 20.8 Å². The number of hydrogen-bond donors (Lipinski definition) is 1. The van der Waals surface area contributed by atoms with Crippen LogP contribution in [0.25, 0.3) is 5.69 Å². The lowest BCUT2D eigenvalue weighted by molar-refractivity contribution is -0.115. The first kappa shape index (κ1) is 23.1. The molecule has 0 aliphatic carbocycles. The number of methoxy groups -OCH3 is 1. The number of aryl methyl sites for hydroxylation is 2. The molecular formula is C23H25Cl2N3O3. The first-order valence-electron chi connectivity index (χ1n) is 9.83. The maximum Gasteiger partial charge on any atom is 0.229 e. The zero-order valence-electron chi connectivity index (χ0n) is 18.0. The molecule has 2 aromatic carbocycles. The Morgan fingerprint density at radius 1 is 1.10 bits per heavy atom. The average molecular weight is 462 g/mol. The van der Waals surface area contributed by atoms with Gasteiger partial charge in [-0.3, -0.25) is 4.79 Å². The van der Waals surface area contributed by atoms with Gasteiger partial charge in [-0.2, -0.15) is 5.10 Å². The minimum Gasteiger partial charge on any atom is -0.487 e. The highest BCUT2D eigenvalue weighted by atomic mass is 35.5. The molecular weight excluding hydrogens is 437 g/mol. The maximum atomic E-state index is 12.8. The molecule has 0 radical (unpaired) electrons. The van der Waals surface area contributed by atoms with Crippen LogP contribution in [0.1, 0.15) is 22.5 Å². The summed E-state index contributed by atoms with van der Waals surface area (Å²) in [5.74, 6) is 0.236. The van der Waals surface area contributed by atoms with Crippen molar-refractivity contribution >= 4 is 34.8 Å². The van der Waals surface area contributed by atoms with E-state index in [4.69, 9.17) is 32.7 Å². The van der Waals surface area contributed by atoms with Gasteiger partial charge in [-0.15, -0.1) is 0 Å². The molecule has 1 heterocycles. The van der Waals surface area contributed by atoms with Crippen LogP contribution >= 0.6 is 23.2 Å². The summed E-state index contributed by atoms with van der Waals surface area (Å²) in [7, 11) is 1.59. The van der Waals surface area contributed by atoms with Gasteiger partial charge in [0.2, 0.25) is 5.91 Å². The Balaban J connectivity index is 1.80. The van der Waals surface area contributed by atoms with Crippen molar-refractivity contribution < 1.29 is 14.3 Å². The Morgan fingerprint density at radius 2 is 1.87 bits per heavy atom. The third kappa shape index (κ3) is 5.39. The normalized spacial score (nSPS) is 10.9. The van der Waals surface area contributed by atoms with Crippen molar-refractivity contribution in [1.82, 2.24) is 9.78 Å². The van der Waals surface area contributed by atoms with Crippen LogP contribution in [0.15, 0.2) is 36.4 Å². The van der Waals surface area contributed by atoms with E-state index >= 15 is 0 Å². The number of rotatable bonds is 8. The third-order valence-corrected chi connectivity index (χ3v) is 5.66. The molecule has 0 atom stereocenters. The summed E-state index contributed by atoms with van der Waals surface area (Å²) in [6, 6.07) is 11.0. The van der Waals surface area contributed by atoms with Crippen LogP contribution in [0.5, 0.6) is 5.75 Å². The van der Waals surface area contributed by atoms with Crippen molar-refractivity contribution in [3.05, 3.63) is 69.0 Å². The van der Waals surface area contributed by atoms with Crippen molar-refractivity contribution in [3.8, 4) is 11.4 Å². The number of carbonyl (C=O) groups is 1. The quantitative estimate of drug-likeness (QED) is 0.461. The summed E-state index contributed by atoms with van der Waals surface area (Å²) >= 11 is 12.5. The molecule has 3 rings (SSSR count). The van der Waals surface area contributed by atoms with E-state index in [1.165, 1.54) is 0 Å². The number of para-hydroxylation sites is 1. The zero-order chi connectivity index (χ0) is 22.5. The van der Waals surface area contributed by atoms with Crippen molar-refractivity contribution in [2.75, 3.05) is 25.6 Å². The number of halogens is 2. The zero-order valence-corrected chi connectivity index (χ0v) is 19.5. The topological polar surface area (TPSA) is 65.4 Å². The minimum absolute atomic E-state index is 0.168. The summed E-state index contributed by atoms with van der Waals surface area (Å²) in [6.45, 7) is 6.52. The van der Waals surface area contributed by atoms with Crippen LogP contribution in [0.3, 0.4) is 0 Å². The standard InChI is InChI=1S/C23H25Cl2N3O3/c1-14-8-9-17(12-20(14)25)28-16(3)18(15(2)27-28)13-22(29)26-21-7-5-6-19(24)23(21)31-11-10-30-4/h5-9,12H,10-11,13H2,1-4H3,(H,26,29). The van der Waals surface area contributed by atoms with Gasteiger partial charge >= 0.3 is 0 Å². The number of aromatic nitrogens is 2. The SMILES string of the molecule is COCCOc1c(Cl)cccc1NC(=O)Cc1c(C)nn(-c2ccc(C)c(Cl)c2)c1C. The fourth-order valence-corrected chi connectivity index (χ4v) is 3.64. The molecule has 0 spiro atoms. The monoisotopic (exact) mass is 461 g/mol. The molecule has 0 unspecified atom stereocenters. The molecule has 0 bridgehead atoms. The fraction of sp³-hybridized carbons (Fsp3) is 0.304. The predicted octanol–water partition coefficient (Wildman–Crippen LogP) is 5.31. The highest BCUT2D eigenvalue weighted by Crippen LogP contribution is 2.33. The number of benzene rings is 2. The number of carbonyl (C=O) groups excluding carboxylic acids is 1.